The fourth-order valence-corrected chi connectivity index (χ4v) is 3.70. The van der Waals surface area contributed by atoms with Crippen LogP contribution in [0.3, 0.4) is 0 Å². The number of aromatic nitrogens is 4. The van der Waals surface area contributed by atoms with Gasteiger partial charge in [-0.3, -0.25) is 4.79 Å². The third-order valence-electron chi connectivity index (χ3n) is 5.17. The lowest BCUT2D eigenvalue weighted by atomic mass is 9.86. The maximum absolute atomic E-state index is 12.5. The number of hydrogen-bond donors (Lipinski definition) is 1. The molecule has 0 unspecified atom stereocenters. The van der Waals surface area contributed by atoms with E-state index in [1.54, 1.807) is 4.52 Å². The van der Waals surface area contributed by atoms with E-state index in [2.05, 4.69) is 20.6 Å². The first-order valence-electron chi connectivity index (χ1n) is 9.41. The summed E-state index contributed by atoms with van der Waals surface area (Å²) in [7, 11) is 0. The Morgan fingerprint density at radius 2 is 1.93 bits per heavy atom. The number of esters is 1. The first-order valence-corrected chi connectivity index (χ1v) is 9.41. The van der Waals surface area contributed by atoms with Gasteiger partial charge >= 0.3 is 5.97 Å². The number of benzene rings is 1. The number of fused-ring (bicyclic) bond motifs is 1. The van der Waals surface area contributed by atoms with Crippen molar-refractivity contribution in [1.82, 2.24) is 19.8 Å². The Kier molecular flexibility index (Phi) is 4.75. The predicted octanol–water partition coefficient (Wildman–Crippen LogP) is 3.33. The summed E-state index contributed by atoms with van der Waals surface area (Å²) in [5.41, 5.74) is 1.18. The van der Waals surface area contributed by atoms with Crippen LogP contribution in [0.5, 0.6) is 0 Å². The molecule has 4 rings (SSSR count). The highest BCUT2D eigenvalue weighted by molar-refractivity contribution is 5.78. The van der Waals surface area contributed by atoms with E-state index in [1.165, 1.54) is 0 Å². The molecule has 7 heteroatoms. The number of carbonyl (C=O) groups is 1. The van der Waals surface area contributed by atoms with Crippen molar-refractivity contribution in [3.63, 3.8) is 0 Å². The molecule has 1 aliphatic rings. The van der Waals surface area contributed by atoms with Gasteiger partial charge in [0.2, 0.25) is 0 Å². The van der Waals surface area contributed by atoms with Crippen molar-refractivity contribution in [3.05, 3.63) is 42.5 Å². The molecular formula is C20H23N5O2. The minimum absolute atomic E-state index is 0.106. The van der Waals surface area contributed by atoms with Crippen LogP contribution in [0.15, 0.2) is 42.5 Å². The van der Waals surface area contributed by atoms with E-state index in [-0.39, 0.29) is 5.97 Å². The fraction of sp³-hybridized carbons (Fsp3) is 0.400. The number of anilines is 1. The molecule has 0 bridgehead atoms. The van der Waals surface area contributed by atoms with Crippen molar-refractivity contribution in [2.45, 2.75) is 32.6 Å². The summed E-state index contributed by atoms with van der Waals surface area (Å²) >= 11 is 0. The monoisotopic (exact) mass is 365 g/mol. The Hall–Kier alpha value is -2.96. The number of hydrogen-bond acceptors (Lipinski definition) is 6. The lowest BCUT2D eigenvalue weighted by Gasteiger charge is -2.26. The first kappa shape index (κ1) is 17.5. The zero-order chi connectivity index (χ0) is 18.7. The third-order valence-corrected chi connectivity index (χ3v) is 5.17. The predicted molar refractivity (Wildman–Crippen MR) is 102 cm³/mol. The molecule has 1 fully saturated rings. The molecule has 7 nitrogen and oxygen atoms in total. The molecule has 2 heterocycles. The van der Waals surface area contributed by atoms with Gasteiger partial charge in [0, 0.05) is 12.1 Å². The van der Waals surface area contributed by atoms with Gasteiger partial charge in [0.25, 0.3) is 0 Å². The molecule has 1 aliphatic carbocycles. The molecule has 1 N–H and O–H groups in total. The molecule has 27 heavy (non-hydrogen) atoms. The Morgan fingerprint density at radius 3 is 2.67 bits per heavy atom. The van der Waals surface area contributed by atoms with Crippen LogP contribution in [0.2, 0.25) is 0 Å². The summed E-state index contributed by atoms with van der Waals surface area (Å²) in [6.07, 6.45) is 3.80. The Labute approximate surface area is 157 Å². The SMILES string of the molecule is CCOC(=O)C1(CNc2ccc3nnc(-c4ccccc4)n3n2)CCCC1. The van der Waals surface area contributed by atoms with Gasteiger partial charge in [-0.25, -0.2) is 0 Å². The molecule has 140 valence electrons. The van der Waals surface area contributed by atoms with Gasteiger partial charge in [-0.1, -0.05) is 43.2 Å². The second-order valence-electron chi connectivity index (χ2n) is 6.94. The zero-order valence-corrected chi connectivity index (χ0v) is 15.4. The Balaban J connectivity index is 1.58. The standard InChI is InChI=1S/C20H23N5O2/c1-2-27-19(26)20(12-6-7-13-20)14-21-16-10-11-17-22-23-18(25(17)24-16)15-8-4-3-5-9-15/h3-5,8-11H,2,6-7,12-14H2,1H3,(H,21,24). The maximum atomic E-state index is 12.5. The molecule has 2 aromatic heterocycles. The molecule has 0 radical (unpaired) electrons. The van der Waals surface area contributed by atoms with E-state index in [1.807, 2.05) is 49.4 Å². The summed E-state index contributed by atoms with van der Waals surface area (Å²) in [6.45, 7) is 2.78. The van der Waals surface area contributed by atoms with Gasteiger partial charge in [0.1, 0.15) is 5.82 Å². The van der Waals surface area contributed by atoms with Crippen LogP contribution < -0.4 is 5.32 Å². The molecule has 0 aliphatic heterocycles. The maximum Gasteiger partial charge on any atom is 0.313 e. The van der Waals surface area contributed by atoms with Gasteiger partial charge in [-0.2, -0.15) is 4.52 Å². The average molecular weight is 365 g/mol. The van der Waals surface area contributed by atoms with E-state index in [9.17, 15) is 4.79 Å². The Bertz CT molecular complexity index is 932. The number of ether oxygens (including phenoxy) is 1. The second-order valence-corrected chi connectivity index (χ2v) is 6.94. The van der Waals surface area contributed by atoms with Crippen LogP contribution in [0.1, 0.15) is 32.6 Å². The molecule has 3 aromatic rings. The van der Waals surface area contributed by atoms with Gasteiger partial charge < -0.3 is 10.1 Å². The molecule has 0 spiro atoms. The van der Waals surface area contributed by atoms with Crippen LogP contribution in [0, 0.1) is 5.41 Å². The topological polar surface area (TPSA) is 81.4 Å². The summed E-state index contributed by atoms with van der Waals surface area (Å²) in [5.74, 6) is 1.27. The van der Waals surface area contributed by atoms with Crippen molar-refractivity contribution in [2.24, 2.45) is 5.41 Å². The molecule has 0 saturated heterocycles. The van der Waals surface area contributed by atoms with Crippen LogP contribution in [0.4, 0.5) is 5.82 Å². The van der Waals surface area contributed by atoms with E-state index in [0.29, 0.717) is 30.4 Å². The summed E-state index contributed by atoms with van der Waals surface area (Å²) in [4.78, 5) is 12.5. The molecular weight excluding hydrogens is 342 g/mol. The lowest BCUT2D eigenvalue weighted by Crippen LogP contribution is -2.37. The highest BCUT2D eigenvalue weighted by Crippen LogP contribution is 2.39. The van der Waals surface area contributed by atoms with Crippen LogP contribution in [0.25, 0.3) is 17.0 Å². The van der Waals surface area contributed by atoms with Crippen molar-refractivity contribution >= 4 is 17.4 Å². The van der Waals surface area contributed by atoms with E-state index in [4.69, 9.17) is 4.74 Å². The minimum atomic E-state index is -0.456. The van der Waals surface area contributed by atoms with Gasteiger partial charge in [-0.05, 0) is 31.9 Å². The number of nitrogens with one attached hydrogen (secondary N) is 1. The van der Waals surface area contributed by atoms with E-state index in [0.717, 1.165) is 31.2 Å². The van der Waals surface area contributed by atoms with Gasteiger partial charge in [-0.15, -0.1) is 15.3 Å². The number of carbonyl (C=O) groups excluding carboxylic acids is 1. The van der Waals surface area contributed by atoms with Crippen LogP contribution >= 0.6 is 0 Å². The third kappa shape index (κ3) is 3.37. The summed E-state index contributed by atoms with van der Waals surface area (Å²) < 4.78 is 7.05. The highest BCUT2D eigenvalue weighted by atomic mass is 16.5. The fourth-order valence-electron chi connectivity index (χ4n) is 3.70. The van der Waals surface area contributed by atoms with Gasteiger partial charge in [0.15, 0.2) is 11.5 Å². The van der Waals surface area contributed by atoms with Crippen molar-refractivity contribution in [2.75, 3.05) is 18.5 Å². The molecule has 1 saturated carbocycles. The van der Waals surface area contributed by atoms with Crippen LogP contribution in [-0.2, 0) is 9.53 Å². The normalized spacial score (nSPS) is 15.7. The summed E-state index contributed by atoms with van der Waals surface area (Å²) in [6, 6.07) is 13.6. The average Bonchev–Trinajstić information content (AvgIpc) is 3.35. The molecule has 0 atom stereocenters. The van der Waals surface area contributed by atoms with E-state index >= 15 is 0 Å². The highest BCUT2D eigenvalue weighted by Gasteiger charge is 2.42. The van der Waals surface area contributed by atoms with Crippen molar-refractivity contribution in [3.8, 4) is 11.4 Å². The first-order chi connectivity index (χ1) is 13.2. The van der Waals surface area contributed by atoms with Gasteiger partial charge in [0.05, 0.1) is 12.0 Å². The van der Waals surface area contributed by atoms with Crippen molar-refractivity contribution < 1.29 is 9.53 Å². The number of nitrogens with zero attached hydrogens (tertiary/aromatic N) is 4. The molecule has 1 aromatic carbocycles. The lowest BCUT2D eigenvalue weighted by molar-refractivity contribution is -0.154. The summed E-state index contributed by atoms with van der Waals surface area (Å²) in [5, 5.41) is 16.4. The quantitative estimate of drug-likeness (QED) is 0.675. The number of rotatable bonds is 6. The smallest absolute Gasteiger partial charge is 0.313 e. The van der Waals surface area contributed by atoms with Crippen LogP contribution in [-0.4, -0.2) is 38.9 Å². The largest absolute Gasteiger partial charge is 0.466 e. The Morgan fingerprint density at radius 1 is 1.15 bits per heavy atom. The minimum Gasteiger partial charge on any atom is -0.466 e. The second kappa shape index (κ2) is 7.34. The zero-order valence-electron chi connectivity index (χ0n) is 15.4. The van der Waals surface area contributed by atoms with Crippen molar-refractivity contribution in [1.29, 1.82) is 0 Å². The molecule has 0 amide bonds. The van der Waals surface area contributed by atoms with E-state index < -0.39 is 5.41 Å².